The van der Waals surface area contributed by atoms with E-state index in [-0.39, 0.29) is 27.7 Å². The van der Waals surface area contributed by atoms with Gasteiger partial charge in [0.25, 0.3) is 11.8 Å². The molecule has 2 amide bonds. The molecule has 0 saturated heterocycles. The molecule has 180 valence electrons. The number of fused-ring (bicyclic) bond motifs is 1. The summed E-state index contributed by atoms with van der Waals surface area (Å²) in [5, 5.41) is 4.45. The third-order valence-electron chi connectivity index (χ3n) is 5.09. The number of rotatable bonds is 5. The van der Waals surface area contributed by atoms with Crippen LogP contribution < -0.4 is 10.6 Å². The Kier molecular flexibility index (Phi) is 5.96. The van der Waals surface area contributed by atoms with Crippen LogP contribution in [0.4, 0.5) is 26.3 Å². The molecule has 1 atom stereocenters. The molecule has 0 spiro atoms. The van der Waals surface area contributed by atoms with Crippen molar-refractivity contribution in [2.75, 3.05) is 0 Å². The van der Waals surface area contributed by atoms with Gasteiger partial charge >= 0.3 is 12.4 Å². The lowest BCUT2D eigenvalue weighted by atomic mass is 10.0. The van der Waals surface area contributed by atoms with E-state index in [0.717, 1.165) is 25.0 Å². The molecule has 1 unspecified atom stereocenters. The largest absolute Gasteiger partial charge is 0.416 e. The highest BCUT2D eigenvalue weighted by Gasteiger charge is 2.43. The lowest BCUT2D eigenvalue weighted by molar-refractivity contribution is -0.156. The fourth-order valence-electron chi connectivity index (χ4n) is 3.25. The van der Waals surface area contributed by atoms with Crippen LogP contribution in [0.1, 0.15) is 51.0 Å². The van der Waals surface area contributed by atoms with Gasteiger partial charge in [0.05, 0.1) is 27.2 Å². The molecule has 0 aliphatic heterocycles. The van der Waals surface area contributed by atoms with Crippen LogP contribution in [0.5, 0.6) is 0 Å². The Morgan fingerprint density at radius 3 is 2.38 bits per heavy atom. The first-order valence-electron chi connectivity index (χ1n) is 9.88. The first-order valence-corrected chi connectivity index (χ1v) is 10.3. The Morgan fingerprint density at radius 2 is 1.76 bits per heavy atom. The predicted molar refractivity (Wildman–Crippen MR) is 109 cm³/mol. The first-order chi connectivity index (χ1) is 15.8. The highest BCUT2D eigenvalue weighted by molar-refractivity contribution is 6.34. The maximum absolute atomic E-state index is 13.6. The van der Waals surface area contributed by atoms with Gasteiger partial charge in [-0.2, -0.15) is 26.3 Å². The summed E-state index contributed by atoms with van der Waals surface area (Å²) in [7, 11) is 0. The molecule has 1 aromatic heterocycles. The van der Waals surface area contributed by atoms with Crippen molar-refractivity contribution >= 4 is 34.4 Å². The predicted octanol–water partition coefficient (Wildman–Crippen LogP) is 5.16. The van der Waals surface area contributed by atoms with E-state index in [1.807, 2.05) is 0 Å². The van der Waals surface area contributed by atoms with Gasteiger partial charge in [0.1, 0.15) is 0 Å². The number of amides is 2. The average molecular weight is 505 g/mol. The number of alkyl halides is 6. The van der Waals surface area contributed by atoms with Crippen LogP contribution in [-0.2, 0) is 6.18 Å². The lowest BCUT2D eigenvalue weighted by Crippen LogP contribution is -2.38. The van der Waals surface area contributed by atoms with Crippen molar-refractivity contribution in [1.82, 2.24) is 20.6 Å². The average Bonchev–Trinajstić information content (AvgIpc) is 3.45. The molecule has 6 nitrogen and oxygen atoms in total. The van der Waals surface area contributed by atoms with Gasteiger partial charge in [0, 0.05) is 6.04 Å². The second-order valence-electron chi connectivity index (χ2n) is 7.75. The van der Waals surface area contributed by atoms with Gasteiger partial charge in [-0.3, -0.25) is 9.59 Å². The summed E-state index contributed by atoms with van der Waals surface area (Å²) in [6.45, 7) is 0. The summed E-state index contributed by atoms with van der Waals surface area (Å²) >= 11 is 6.12. The van der Waals surface area contributed by atoms with E-state index >= 15 is 0 Å². The van der Waals surface area contributed by atoms with Crippen LogP contribution >= 0.6 is 11.6 Å². The minimum absolute atomic E-state index is 0.0402. The van der Waals surface area contributed by atoms with Crippen LogP contribution in [0.25, 0.3) is 11.0 Å². The van der Waals surface area contributed by atoms with Gasteiger partial charge in [-0.1, -0.05) is 23.7 Å². The van der Waals surface area contributed by atoms with E-state index in [1.54, 1.807) is 5.32 Å². The molecule has 3 aromatic rings. The maximum Gasteiger partial charge on any atom is 0.416 e. The van der Waals surface area contributed by atoms with E-state index in [0.29, 0.717) is 12.1 Å². The summed E-state index contributed by atoms with van der Waals surface area (Å²) in [6.07, 6.45) is -8.28. The fourth-order valence-corrected chi connectivity index (χ4v) is 3.50. The first kappa shape index (κ1) is 23.9. The van der Waals surface area contributed by atoms with Crippen molar-refractivity contribution in [2.45, 2.75) is 37.3 Å². The Bertz CT molecular complexity index is 1270. The van der Waals surface area contributed by atoms with E-state index < -0.39 is 47.2 Å². The van der Waals surface area contributed by atoms with E-state index in [1.165, 1.54) is 12.1 Å². The summed E-state index contributed by atoms with van der Waals surface area (Å²) in [5.74, 6) is -2.30. The SMILES string of the molecule is O=C(NC(c1cccc(C(F)(F)F)c1)C(F)(F)F)c1nc2cc(C(=O)NC3CC3)c(Cl)cc2[nH]1. The van der Waals surface area contributed by atoms with Crippen LogP contribution in [0.2, 0.25) is 5.02 Å². The minimum atomic E-state index is -5.09. The number of halogens is 7. The molecule has 1 fully saturated rings. The zero-order valence-electron chi connectivity index (χ0n) is 16.9. The molecular formula is C21H15ClF6N4O2. The van der Waals surface area contributed by atoms with Crippen molar-refractivity contribution in [3.8, 4) is 0 Å². The maximum atomic E-state index is 13.6. The highest BCUT2D eigenvalue weighted by Crippen LogP contribution is 2.36. The molecular weight excluding hydrogens is 490 g/mol. The van der Waals surface area contributed by atoms with E-state index in [2.05, 4.69) is 15.3 Å². The molecule has 13 heteroatoms. The van der Waals surface area contributed by atoms with Crippen LogP contribution in [0.3, 0.4) is 0 Å². The molecule has 2 aromatic carbocycles. The number of nitrogens with one attached hydrogen (secondary N) is 3. The fraction of sp³-hybridized carbons (Fsp3) is 0.286. The number of hydrogen-bond donors (Lipinski definition) is 3. The van der Waals surface area contributed by atoms with E-state index in [9.17, 15) is 35.9 Å². The quantitative estimate of drug-likeness (QED) is 0.419. The van der Waals surface area contributed by atoms with Crippen LogP contribution in [0, 0.1) is 0 Å². The number of aromatic nitrogens is 2. The summed E-state index contributed by atoms with van der Waals surface area (Å²) in [6, 6.07) is 2.51. The molecule has 4 rings (SSSR count). The standard InChI is InChI=1S/C21H15ClF6N4O2/c22-13-8-15-14(7-12(13)18(33)29-11-4-5-11)30-17(31-15)19(34)32-16(21(26,27)28)9-2-1-3-10(6-9)20(23,24)25/h1-3,6-8,11,16H,4-5H2,(H,29,33)(H,30,31)(H,32,34). The molecule has 34 heavy (non-hydrogen) atoms. The van der Waals surface area contributed by atoms with Crippen molar-refractivity contribution in [2.24, 2.45) is 0 Å². The van der Waals surface area contributed by atoms with Gasteiger partial charge in [-0.05, 0) is 42.7 Å². The normalized spacial score (nSPS) is 15.3. The summed E-state index contributed by atoms with van der Waals surface area (Å²) in [4.78, 5) is 31.3. The zero-order chi connectivity index (χ0) is 24.8. The zero-order valence-corrected chi connectivity index (χ0v) is 17.7. The number of aromatic amines is 1. The smallest absolute Gasteiger partial charge is 0.349 e. The Balaban J connectivity index is 1.62. The molecule has 0 bridgehead atoms. The summed E-state index contributed by atoms with van der Waals surface area (Å²) in [5.41, 5.74) is -1.73. The van der Waals surface area contributed by atoms with Crippen molar-refractivity contribution in [1.29, 1.82) is 0 Å². The monoisotopic (exact) mass is 504 g/mol. The number of carbonyl (C=O) groups is 2. The lowest BCUT2D eigenvalue weighted by Gasteiger charge is -2.22. The Morgan fingerprint density at radius 1 is 1.06 bits per heavy atom. The van der Waals surface area contributed by atoms with Crippen LogP contribution in [-0.4, -0.2) is 34.0 Å². The number of H-pyrrole nitrogens is 1. The second-order valence-corrected chi connectivity index (χ2v) is 8.16. The second kappa shape index (κ2) is 8.49. The number of imidazole rings is 1. The van der Waals surface area contributed by atoms with Crippen molar-refractivity contribution in [3.63, 3.8) is 0 Å². The Hall–Kier alpha value is -3.28. The highest BCUT2D eigenvalue weighted by atomic mass is 35.5. The molecule has 0 radical (unpaired) electrons. The molecule has 1 aliphatic rings. The number of nitrogens with zero attached hydrogens (tertiary/aromatic N) is 1. The molecule has 3 N–H and O–H groups in total. The number of benzene rings is 2. The van der Waals surface area contributed by atoms with Gasteiger partial charge in [-0.15, -0.1) is 0 Å². The van der Waals surface area contributed by atoms with Gasteiger partial charge in [-0.25, -0.2) is 4.98 Å². The topological polar surface area (TPSA) is 86.9 Å². The van der Waals surface area contributed by atoms with Gasteiger partial charge in [0.15, 0.2) is 11.9 Å². The molecule has 1 saturated carbocycles. The van der Waals surface area contributed by atoms with Gasteiger partial charge in [0.2, 0.25) is 0 Å². The number of carbonyl (C=O) groups excluding carboxylic acids is 2. The van der Waals surface area contributed by atoms with Crippen LogP contribution in [0.15, 0.2) is 36.4 Å². The summed E-state index contributed by atoms with van der Waals surface area (Å²) < 4.78 is 79.7. The third-order valence-corrected chi connectivity index (χ3v) is 5.41. The third kappa shape index (κ3) is 5.11. The Labute approximate surface area is 192 Å². The number of hydrogen-bond acceptors (Lipinski definition) is 3. The van der Waals surface area contributed by atoms with Crippen molar-refractivity contribution < 1.29 is 35.9 Å². The molecule has 1 aliphatic carbocycles. The van der Waals surface area contributed by atoms with Gasteiger partial charge < -0.3 is 15.6 Å². The van der Waals surface area contributed by atoms with E-state index in [4.69, 9.17) is 11.6 Å². The minimum Gasteiger partial charge on any atom is -0.349 e. The van der Waals surface area contributed by atoms with Crippen molar-refractivity contribution in [3.05, 3.63) is 63.9 Å². The molecule has 1 heterocycles.